The number of imidazole rings is 1. The zero-order valence-electron chi connectivity index (χ0n) is 15.6. The summed E-state index contributed by atoms with van der Waals surface area (Å²) in [5, 5.41) is 3.55. The van der Waals surface area contributed by atoms with E-state index in [4.69, 9.17) is 11.6 Å². The van der Waals surface area contributed by atoms with Gasteiger partial charge in [0.2, 0.25) is 5.91 Å². The van der Waals surface area contributed by atoms with Gasteiger partial charge in [0.15, 0.2) is 0 Å². The summed E-state index contributed by atoms with van der Waals surface area (Å²) in [6.07, 6.45) is 3.54. The molecule has 2 aromatic heterocycles. The largest absolute Gasteiger partial charge is 0.353 e. The highest BCUT2D eigenvalue weighted by Gasteiger charge is 2.25. The monoisotopic (exact) mass is 387 g/mol. The fourth-order valence-corrected chi connectivity index (χ4v) is 3.19. The molecule has 2 unspecified atom stereocenters. The molecule has 0 radical (unpaired) electrons. The Morgan fingerprint density at radius 3 is 2.67 bits per heavy atom. The van der Waals surface area contributed by atoms with Crippen LogP contribution in [0.1, 0.15) is 44.4 Å². The van der Waals surface area contributed by atoms with Crippen LogP contribution in [0.2, 0.25) is 5.02 Å². The Morgan fingerprint density at radius 2 is 1.96 bits per heavy atom. The minimum atomic E-state index is -0.473. The summed E-state index contributed by atoms with van der Waals surface area (Å²) >= 11 is 6.14. The normalized spacial score (nSPS) is 13.7. The Labute approximate surface area is 163 Å². The van der Waals surface area contributed by atoms with Crippen molar-refractivity contribution in [2.75, 3.05) is 0 Å². The average molecular weight is 388 g/mol. The van der Waals surface area contributed by atoms with E-state index in [0.29, 0.717) is 22.2 Å². The second kappa shape index (κ2) is 8.09. The van der Waals surface area contributed by atoms with Gasteiger partial charge >= 0.3 is 0 Å². The molecular formula is C21H23ClFN3O. The van der Waals surface area contributed by atoms with Crippen molar-refractivity contribution >= 4 is 23.2 Å². The van der Waals surface area contributed by atoms with Crippen LogP contribution in [0.25, 0.3) is 5.65 Å². The highest BCUT2D eigenvalue weighted by molar-refractivity contribution is 6.30. The molecule has 1 N–H and O–H groups in total. The number of carbonyl (C=O) groups is 1. The van der Waals surface area contributed by atoms with E-state index in [0.717, 1.165) is 5.69 Å². The number of nitrogens with one attached hydrogen (secondary N) is 1. The van der Waals surface area contributed by atoms with Crippen LogP contribution in [0.5, 0.6) is 0 Å². The molecule has 3 rings (SSSR count). The number of hydrogen-bond donors (Lipinski definition) is 1. The number of amides is 1. The van der Waals surface area contributed by atoms with Crippen molar-refractivity contribution in [3.63, 3.8) is 0 Å². The molecule has 0 aliphatic rings. The smallest absolute Gasteiger partial charge is 0.221 e. The number of pyridine rings is 1. The van der Waals surface area contributed by atoms with E-state index in [1.165, 1.54) is 6.07 Å². The molecule has 0 aliphatic heterocycles. The number of aromatic nitrogens is 2. The fourth-order valence-electron chi connectivity index (χ4n) is 3.03. The van der Waals surface area contributed by atoms with Crippen molar-refractivity contribution in [3.05, 3.63) is 70.9 Å². The first kappa shape index (κ1) is 19.4. The highest BCUT2D eigenvalue weighted by atomic mass is 35.5. The lowest BCUT2D eigenvalue weighted by Crippen LogP contribution is -2.37. The lowest BCUT2D eigenvalue weighted by atomic mass is 9.91. The molecule has 0 bridgehead atoms. The van der Waals surface area contributed by atoms with Gasteiger partial charge in [-0.05, 0) is 36.6 Å². The van der Waals surface area contributed by atoms with E-state index >= 15 is 0 Å². The average Bonchev–Trinajstić information content (AvgIpc) is 3.03. The van der Waals surface area contributed by atoms with E-state index in [1.807, 2.05) is 25.2 Å². The second-order valence-corrected chi connectivity index (χ2v) is 7.57. The van der Waals surface area contributed by atoms with E-state index in [2.05, 4.69) is 10.3 Å². The third-order valence-corrected chi connectivity index (χ3v) is 5.14. The molecule has 0 aliphatic carbocycles. The molecular weight excluding hydrogens is 365 g/mol. The Hall–Kier alpha value is -2.40. The molecule has 0 saturated carbocycles. The lowest BCUT2D eigenvalue weighted by Gasteiger charge is -2.21. The third kappa shape index (κ3) is 4.30. The molecule has 6 heteroatoms. The Kier molecular flexibility index (Phi) is 5.80. The molecule has 142 valence electrons. The van der Waals surface area contributed by atoms with Crippen molar-refractivity contribution < 1.29 is 9.18 Å². The predicted molar refractivity (Wildman–Crippen MR) is 106 cm³/mol. The third-order valence-electron chi connectivity index (χ3n) is 4.91. The van der Waals surface area contributed by atoms with E-state index in [9.17, 15) is 9.18 Å². The summed E-state index contributed by atoms with van der Waals surface area (Å²) in [7, 11) is 0. The summed E-state index contributed by atoms with van der Waals surface area (Å²) in [6.45, 7) is 6.06. The zero-order chi connectivity index (χ0) is 19.6. The summed E-state index contributed by atoms with van der Waals surface area (Å²) in [6, 6.07) is 10.1. The molecule has 2 heterocycles. The number of nitrogens with zero attached hydrogens (tertiary/aromatic N) is 2. The number of benzene rings is 1. The maximum Gasteiger partial charge on any atom is 0.221 e. The highest BCUT2D eigenvalue weighted by Crippen LogP contribution is 2.31. The minimum absolute atomic E-state index is 0.0374. The van der Waals surface area contributed by atoms with Crippen molar-refractivity contribution in [2.45, 2.75) is 39.2 Å². The van der Waals surface area contributed by atoms with Crippen molar-refractivity contribution in [1.82, 2.24) is 14.7 Å². The summed E-state index contributed by atoms with van der Waals surface area (Å²) < 4.78 is 16.4. The summed E-state index contributed by atoms with van der Waals surface area (Å²) in [5.74, 6) is -0.625. The number of fused-ring (bicyclic) bond motifs is 1. The Bertz CT molecular complexity index is 954. The standard InChI is InChI=1S/C21H23ClFN3O/c1-13(2)14(3)25-21(27)10-17(16-6-4-5-7-18(16)23)19-11-24-20-9-8-15(22)12-26(19)20/h4-9,11-14,17H,10H2,1-3H3,(H,25,27). The molecule has 4 nitrogen and oxygen atoms in total. The van der Waals surface area contributed by atoms with E-state index < -0.39 is 5.92 Å². The summed E-state index contributed by atoms with van der Waals surface area (Å²) in [5.41, 5.74) is 1.89. The first-order chi connectivity index (χ1) is 12.9. The van der Waals surface area contributed by atoms with Crippen molar-refractivity contribution in [2.24, 2.45) is 5.92 Å². The van der Waals surface area contributed by atoms with Gasteiger partial charge in [-0.2, -0.15) is 0 Å². The Morgan fingerprint density at radius 1 is 1.22 bits per heavy atom. The van der Waals surface area contributed by atoms with Gasteiger partial charge in [-0.3, -0.25) is 4.79 Å². The number of carbonyl (C=O) groups excluding carboxylic acids is 1. The molecule has 2 atom stereocenters. The minimum Gasteiger partial charge on any atom is -0.353 e. The molecule has 0 fully saturated rings. The van der Waals surface area contributed by atoms with Gasteiger partial charge in [0.25, 0.3) is 0 Å². The Balaban J connectivity index is 2.01. The van der Waals surface area contributed by atoms with Crippen LogP contribution < -0.4 is 5.32 Å². The maximum absolute atomic E-state index is 14.6. The van der Waals surface area contributed by atoms with Crippen molar-refractivity contribution in [1.29, 1.82) is 0 Å². The van der Waals surface area contributed by atoms with Crippen LogP contribution in [0.4, 0.5) is 4.39 Å². The van der Waals surface area contributed by atoms with Gasteiger partial charge in [-0.1, -0.05) is 43.6 Å². The molecule has 1 amide bonds. The number of halogens is 2. The molecule has 1 aromatic carbocycles. The van der Waals surface area contributed by atoms with Crippen LogP contribution in [-0.4, -0.2) is 21.3 Å². The first-order valence-corrected chi connectivity index (χ1v) is 9.41. The molecule has 27 heavy (non-hydrogen) atoms. The van der Waals surface area contributed by atoms with Crippen molar-refractivity contribution in [3.8, 4) is 0 Å². The van der Waals surface area contributed by atoms with Gasteiger partial charge in [-0.15, -0.1) is 0 Å². The quantitative estimate of drug-likeness (QED) is 0.659. The van der Waals surface area contributed by atoms with Gasteiger partial charge < -0.3 is 9.72 Å². The first-order valence-electron chi connectivity index (χ1n) is 9.03. The van der Waals surface area contributed by atoms with Gasteiger partial charge in [0.1, 0.15) is 11.5 Å². The second-order valence-electron chi connectivity index (χ2n) is 7.14. The van der Waals surface area contributed by atoms with E-state index in [-0.39, 0.29) is 24.2 Å². The lowest BCUT2D eigenvalue weighted by molar-refractivity contribution is -0.122. The topological polar surface area (TPSA) is 46.4 Å². The van der Waals surface area contributed by atoms with Crippen LogP contribution in [-0.2, 0) is 4.79 Å². The van der Waals surface area contributed by atoms with Crippen LogP contribution in [0, 0.1) is 11.7 Å². The van der Waals surface area contributed by atoms with E-state index in [1.54, 1.807) is 42.7 Å². The van der Waals surface area contributed by atoms with Crippen LogP contribution in [0.3, 0.4) is 0 Å². The maximum atomic E-state index is 14.6. The van der Waals surface area contributed by atoms with Crippen LogP contribution in [0.15, 0.2) is 48.8 Å². The number of hydrogen-bond acceptors (Lipinski definition) is 2. The fraction of sp³-hybridized carbons (Fsp3) is 0.333. The van der Waals surface area contributed by atoms with Gasteiger partial charge in [0.05, 0.1) is 10.7 Å². The van der Waals surface area contributed by atoms with Gasteiger partial charge in [0, 0.05) is 30.8 Å². The van der Waals surface area contributed by atoms with Crippen LogP contribution >= 0.6 is 11.6 Å². The predicted octanol–water partition coefficient (Wildman–Crippen LogP) is 4.81. The zero-order valence-corrected chi connectivity index (χ0v) is 16.4. The molecule has 0 saturated heterocycles. The summed E-state index contributed by atoms with van der Waals surface area (Å²) in [4.78, 5) is 17.0. The SMILES string of the molecule is CC(C)C(C)NC(=O)CC(c1ccccc1F)c1cnc2ccc(Cl)cn12. The molecule has 0 spiro atoms. The van der Waals surface area contributed by atoms with Gasteiger partial charge in [-0.25, -0.2) is 9.37 Å². The number of rotatable bonds is 6. The molecule has 3 aromatic rings.